The van der Waals surface area contributed by atoms with Gasteiger partial charge in [-0.3, -0.25) is 5.43 Å². The fourth-order valence-electron chi connectivity index (χ4n) is 3.17. The zero-order chi connectivity index (χ0) is 14.8. The largest absolute Gasteiger partial charge is 0.341 e. The Labute approximate surface area is 125 Å². The molecule has 1 aromatic rings. The third kappa shape index (κ3) is 3.02. The highest BCUT2D eigenvalue weighted by Crippen LogP contribution is 2.27. The van der Waals surface area contributed by atoms with Crippen molar-refractivity contribution in [2.75, 3.05) is 34.9 Å². The van der Waals surface area contributed by atoms with Crippen molar-refractivity contribution in [2.45, 2.75) is 45.6 Å². The highest BCUT2D eigenvalue weighted by Gasteiger charge is 2.27. The Morgan fingerprint density at radius 1 is 1.05 bits per heavy atom. The Morgan fingerprint density at radius 2 is 1.76 bits per heavy atom. The summed E-state index contributed by atoms with van der Waals surface area (Å²) in [4.78, 5) is 18.1. The Bertz CT molecular complexity index is 486. The van der Waals surface area contributed by atoms with Crippen LogP contribution >= 0.6 is 0 Å². The molecule has 3 heterocycles. The van der Waals surface area contributed by atoms with Crippen molar-refractivity contribution in [1.29, 1.82) is 0 Å². The first kappa shape index (κ1) is 14.3. The lowest BCUT2D eigenvalue weighted by Crippen LogP contribution is -2.42. The van der Waals surface area contributed by atoms with E-state index in [1.807, 2.05) is 0 Å². The minimum atomic E-state index is 0.451. The van der Waals surface area contributed by atoms with Gasteiger partial charge in [-0.1, -0.05) is 6.92 Å². The van der Waals surface area contributed by atoms with Crippen LogP contribution in [-0.4, -0.2) is 40.6 Å². The molecule has 3 N–H and O–H groups in total. The molecule has 2 fully saturated rings. The van der Waals surface area contributed by atoms with E-state index in [-0.39, 0.29) is 0 Å². The topological polar surface area (TPSA) is 83.2 Å². The van der Waals surface area contributed by atoms with Crippen LogP contribution in [0.2, 0.25) is 0 Å². The van der Waals surface area contributed by atoms with E-state index in [9.17, 15) is 0 Å². The molecule has 2 unspecified atom stereocenters. The van der Waals surface area contributed by atoms with E-state index in [0.29, 0.717) is 17.9 Å². The van der Waals surface area contributed by atoms with Gasteiger partial charge in [-0.2, -0.15) is 15.0 Å². The monoisotopic (exact) mass is 291 g/mol. The molecule has 0 amide bonds. The molecular weight excluding hydrogens is 266 g/mol. The van der Waals surface area contributed by atoms with Gasteiger partial charge in [0.15, 0.2) is 0 Å². The van der Waals surface area contributed by atoms with Gasteiger partial charge in [-0.25, -0.2) is 5.84 Å². The predicted molar refractivity (Wildman–Crippen MR) is 84.3 cm³/mol. The molecule has 116 valence electrons. The number of rotatable bonds is 3. The van der Waals surface area contributed by atoms with Crippen molar-refractivity contribution >= 4 is 17.8 Å². The number of hydrazine groups is 1. The van der Waals surface area contributed by atoms with Crippen LogP contribution in [0.25, 0.3) is 0 Å². The van der Waals surface area contributed by atoms with Crippen molar-refractivity contribution in [2.24, 2.45) is 11.8 Å². The zero-order valence-electron chi connectivity index (χ0n) is 12.9. The molecule has 0 saturated carbocycles. The highest BCUT2D eigenvalue weighted by molar-refractivity contribution is 5.46. The molecule has 2 saturated heterocycles. The predicted octanol–water partition coefficient (Wildman–Crippen LogP) is 1.38. The number of anilines is 3. The fourth-order valence-corrected chi connectivity index (χ4v) is 3.17. The molecule has 0 aliphatic carbocycles. The lowest BCUT2D eigenvalue weighted by atomic mass is 9.95. The van der Waals surface area contributed by atoms with Gasteiger partial charge in [0.05, 0.1) is 0 Å². The van der Waals surface area contributed by atoms with Crippen LogP contribution in [0, 0.1) is 5.92 Å². The molecule has 7 nitrogen and oxygen atoms in total. The number of aromatic nitrogens is 3. The first-order valence-corrected chi connectivity index (χ1v) is 7.91. The minimum Gasteiger partial charge on any atom is -0.341 e. The van der Waals surface area contributed by atoms with E-state index in [1.165, 1.54) is 25.7 Å². The van der Waals surface area contributed by atoms with Gasteiger partial charge in [-0.15, -0.1) is 0 Å². The maximum atomic E-state index is 5.54. The summed E-state index contributed by atoms with van der Waals surface area (Å²) in [5.41, 5.74) is 2.58. The van der Waals surface area contributed by atoms with Crippen LogP contribution in [0.5, 0.6) is 0 Å². The van der Waals surface area contributed by atoms with Gasteiger partial charge in [0.2, 0.25) is 17.8 Å². The lowest BCUT2D eigenvalue weighted by Gasteiger charge is -2.37. The summed E-state index contributed by atoms with van der Waals surface area (Å²) in [7, 11) is 0. The van der Waals surface area contributed by atoms with Gasteiger partial charge in [0.1, 0.15) is 0 Å². The summed E-state index contributed by atoms with van der Waals surface area (Å²) in [5, 5.41) is 0. The third-order valence-corrected chi connectivity index (χ3v) is 4.50. The van der Waals surface area contributed by atoms with Crippen molar-refractivity contribution in [3.8, 4) is 0 Å². The first-order chi connectivity index (χ1) is 10.2. The summed E-state index contributed by atoms with van der Waals surface area (Å²) in [6.45, 7) is 7.54. The number of nitrogens with zero attached hydrogens (tertiary/aromatic N) is 5. The Hall–Kier alpha value is -1.63. The normalized spacial score (nSPS) is 26.2. The Kier molecular flexibility index (Phi) is 4.10. The third-order valence-electron chi connectivity index (χ3n) is 4.50. The molecule has 3 rings (SSSR count). The molecule has 0 bridgehead atoms. The van der Waals surface area contributed by atoms with Crippen LogP contribution in [0.15, 0.2) is 0 Å². The van der Waals surface area contributed by atoms with Gasteiger partial charge in [0.25, 0.3) is 0 Å². The summed E-state index contributed by atoms with van der Waals surface area (Å²) < 4.78 is 0. The SMILES string of the molecule is CC1CCC(C)N(c2nc(NN)nc(N3CCCC3)n2)C1. The lowest BCUT2D eigenvalue weighted by molar-refractivity contribution is 0.385. The molecular formula is C14H25N7. The second kappa shape index (κ2) is 6.01. The van der Waals surface area contributed by atoms with E-state index in [0.717, 1.165) is 31.5 Å². The first-order valence-electron chi connectivity index (χ1n) is 7.91. The minimum absolute atomic E-state index is 0.451. The second-order valence-electron chi connectivity index (χ2n) is 6.28. The number of piperidine rings is 1. The van der Waals surface area contributed by atoms with Crippen LogP contribution in [0.4, 0.5) is 17.8 Å². The van der Waals surface area contributed by atoms with Crippen LogP contribution in [0.1, 0.15) is 39.5 Å². The van der Waals surface area contributed by atoms with E-state index in [2.05, 4.69) is 39.0 Å². The van der Waals surface area contributed by atoms with E-state index in [4.69, 9.17) is 10.8 Å². The summed E-state index contributed by atoms with van der Waals surface area (Å²) in [6.07, 6.45) is 4.84. The van der Waals surface area contributed by atoms with Gasteiger partial charge >= 0.3 is 0 Å². The van der Waals surface area contributed by atoms with Crippen LogP contribution < -0.4 is 21.1 Å². The molecule has 0 aromatic carbocycles. The smallest absolute Gasteiger partial charge is 0.243 e. The molecule has 1 aromatic heterocycles. The molecule has 7 heteroatoms. The van der Waals surface area contributed by atoms with Crippen LogP contribution in [-0.2, 0) is 0 Å². The fraction of sp³-hybridized carbons (Fsp3) is 0.786. The zero-order valence-corrected chi connectivity index (χ0v) is 12.9. The average Bonchev–Trinajstić information content (AvgIpc) is 3.03. The van der Waals surface area contributed by atoms with Crippen molar-refractivity contribution < 1.29 is 0 Å². The van der Waals surface area contributed by atoms with Crippen molar-refractivity contribution in [3.05, 3.63) is 0 Å². The maximum Gasteiger partial charge on any atom is 0.243 e. The van der Waals surface area contributed by atoms with E-state index < -0.39 is 0 Å². The highest BCUT2D eigenvalue weighted by atomic mass is 15.4. The number of nitrogens with one attached hydrogen (secondary N) is 1. The number of hydrogen-bond donors (Lipinski definition) is 2. The standard InChI is InChI=1S/C14H25N7/c1-10-5-6-11(2)21(9-10)14-17-12(19-15)16-13(18-14)20-7-3-4-8-20/h10-11H,3-9,15H2,1-2H3,(H,16,17,18,19). The quantitative estimate of drug-likeness (QED) is 0.643. The Morgan fingerprint density at radius 3 is 2.48 bits per heavy atom. The Balaban J connectivity index is 1.91. The molecule has 2 atom stereocenters. The molecule has 2 aliphatic heterocycles. The number of nitrogens with two attached hydrogens (primary N) is 1. The number of hydrogen-bond acceptors (Lipinski definition) is 7. The van der Waals surface area contributed by atoms with Crippen molar-refractivity contribution in [1.82, 2.24) is 15.0 Å². The summed E-state index contributed by atoms with van der Waals surface area (Å²) in [6, 6.07) is 0.459. The van der Waals surface area contributed by atoms with Gasteiger partial charge < -0.3 is 9.80 Å². The van der Waals surface area contributed by atoms with E-state index >= 15 is 0 Å². The van der Waals surface area contributed by atoms with Gasteiger partial charge in [0, 0.05) is 25.7 Å². The van der Waals surface area contributed by atoms with Gasteiger partial charge in [-0.05, 0) is 38.5 Å². The summed E-state index contributed by atoms with van der Waals surface area (Å²) >= 11 is 0. The molecule has 21 heavy (non-hydrogen) atoms. The molecule has 2 aliphatic rings. The summed E-state index contributed by atoms with van der Waals surface area (Å²) in [5.74, 6) is 8.15. The van der Waals surface area contributed by atoms with Crippen molar-refractivity contribution in [3.63, 3.8) is 0 Å². The van der Waals surface area contributed by atoms with Crippen LogP contribution in [0.3, 0.4) is 0 Å². The average molecular weight is 291 g/mol. The van der Waals surface area contributed by atoms with E-state index in [1.54, 1.807) is 0 Å². The maximum absolute atomic E-state index is 5.54. The molecule has 0 spiro atoms. The number of nitrogen functional groups attached to an aromatic ring is 1. The second-order valence-corrected chi connectivity index (χ2v) is 6.28. The molecule has 0 radical (unpaired) electrons.